The summed E-state index contributed by atoms with van der Waals surface area (Å²) in [6, 6.07) is 1.70. The molecule has 0 bridgehead atoms. The molecule has 0 spiro atoms. The number of piperazine rings is 1. The Kier molecular flexibility index (Phi) is 6.35. The summed E-state index contributed by atoms with van der Waals surface area (Å²) in [7, 11) is -3.50. The second-order valence-electron chi connectivity index (χ2n) is 6.20. The average Bonchev–Trinajstić information content (AvgIpc) is 3.28. The highest BCUT2D eigenvalue weighted by Gasteiger charge is 2.20. The maximum Gasteiger partial charge on any atom is 0.241 e. The first-order valence-electron chi connectivity index (χ1n) is 8.63. The van der Waals surface area contributed by atoms with Gasteiger partial charge in [0.05, 0.1) is 11.4 Å². The number of aliphatic imine (C=N–C) groups is 1. The van der Waals surface area contributed by atoms with Crippen LogP contribution in [0.4, 0.5) is 5.13 Å². The van der Waals surface area contributed by atoms with Crippen LogP contribution in [0.1, 0.15) is 9.75 Å². The molecular formula is C16H24N6O2S3. The van der Waals surface area contributed by atoms with E-state index >= 15 is 0 Å². The molecule has 8 nitrogen and oxygen atoms in total. The predicted molar refractivity (Wildman–Crippen MR) is 111 cm³/mol. The third kappa shape index (κ3) is 4.98. The third-order valence-corrected chi connectivity index (χ3v) is 7.77. The molecule has 0 radical (unpaired) electrons. The van der Waals surface area contributed by atoms with E-state index in [1.54, 1.807) is 17.4 Å². The molecule has 1 aliphatic rings. The SMILES string of the molecule is Cc1cc(S(=O)(=O)NCCN=C(N)N2CCN(c3nccs3)CC2)c(C)s1. The van der Waals surface area contributed by atoms with Gasteiger partial charge in [0.2, 0.25) is 10.0 Å². The van der Waals surface area contributed by atoms with E-state index in [1.807, 2.05) is 30.3 Å². The summed E-state index contributed by atoms with van der Waals surface area (Å²) in [5.74, 6) is 0.454. The molecule has 0 aromatic carbocycles. The highest BCUT2D eigenvalue weighted by atomic mass is 32.2. The zero-order valence-corrected chi connectivity index (χ0v) is 17.8. The molecule has 1 fully saturated rings. The van der Waals surface area contributed by atoms with Gasteiger partial charge in [0, 0.05) is 54.1 Å². The highest BCUT2D eigenvalue weighted by Crippen LogP contribution is 2.24. The van der Waals surface area contributed by atoms with Crippen molar-refractivity contribution in [2.45, 2.75) is 18.7 Å². The fourth-order valence-electron chi connectivity index (χ4n) is 2.90. The van der Waals surface area contributed by atoms with Gasteiger partial charge in [0.25, 0.3) is 0 Å². The summed E-state index contributed by atoms with van der Waals surface area (Å²) in [5.41, 5.74) is 6.07. The van der Waals surface area contributed by atoms with Gasteiger partial charge in [-0.05, 0) is 19.9 Å². The molecule has 0 atom stereocenters. The van der Waals surface area contributed by atoms with Crippen molar-refractivity contribution < 1.29 is 8.42 Å². The smallest absolute Gasteiger partial charge is 0.241 e. The van der Waals surface area contributed by atoms with Crippen molar-refractivity contribution >= 4 is 43.8 Å². The van der Waals surface area contributed by atoms with Crippen LogP contribution in [0.15, 0.2) is 27.5 Å². The lowest BCUT2D eigenvalue weighted by Gasteiger charge is -2.35. The Bertz CT molecular complexity index is 883. The van der Waals surface area contributed by atoms with Gasteiger partial charge in [-0.3, -0.25) is 4.99 Å². The summed E-state index contributed by atoms with van der Waals surface area (Å²) < 4.78 is 27.3. The van der Waals surface area contributed by atoms with Crippen LogP contribution >= 0.6 is 22.7 Å². The van der Waals surface area contributed by atoms with E-state index < -0.39 is 10.0 Å². The van der Waals surface area contributed by atoms with Crippen LogP contribution < -0.4 is 15.4 Å². The number of thiophene rings is 1. The van der Waals surface area contributed by atoms with Crippen molar-refractivity contribution in [2.24, 2.45) is 10.7 Å². The molecule has 2 aromatic rings. The number of aryl methyl sites for hydroxylation is 2. The molecule has 0 saturated carbocycles. The minimum absolute atomic E-state index is 0.219. The number of sulfonamides is 1. The fraction of sp³-hybridized carbons (Fsp3) is 0.500. The summed E-state index contributed by atoms with van der Waals surface area (Å²) in [6.07, 6.45) is 1.81. The number of rotatable bonds is 6. The Morgan fingerprint density at radius 2 is 2.07 bits per heavy atom. The topological polar surface area (TPSA) is 104 Å². The summed E-state index contributed by atoms with van der Waals surface area (Å²) in [4.78, 5) is 15.0. The lowest BCUT2D eigenvalue weighted by Crippen LogP contribution is -2.51. The number of thiazole rings is 1. The van der Waals surface area contributed by atoms with Crippen LogP contribution in [0, 0.1) is 13.8 Å². The van der Waals surface area contributed by atoms with Crippen LogP contribution in [0.5, 0.6) is 0 Å². The second-order valence-corrected chi connectivity index (χ2v) is 10.3. The van der Waals surface area contributed by atoms with Gasteiger partial charge in [-0.1, -0.05) is 0 Å². The molecule has 2 aromatic heterocycles. The molecule has 3 N–H and O–H groups in total. The Hall–Kier alpha value is -1.69. The van der Waals surface area contributed by atoms with Gasteiger partial charge in [-0.2, -0.15) is 0 Å². The van der Waals surface area contributed by atoms with E-state index in [0.717, 1.165) is 41.1 Å². The maximum absolute atomic E-state index is 12.4. The van der Waals surface area contributed by atoms with Crippen LogP contribution in [0.25, 0.3) is 0 Å². The number of nitrogens with two attached hydrogens (primary N) is 1. The summed E-state index contributed by atoms with van der Waals surface area (Å²) >= 11 is 3.11. The van der Waals surface area contributed by atoms with E-state index in [1.165, 1.54) is 11.3 Å². The first-order chi connectivity index (χ1) is 12.9. The van der Waals surface area contributed by atoms with Crippen molar-refractivity contribution in [1.29, 1.82) is 0 Å². The quantitative estimate of drug-likeness (QED) is 0.408. The van der Waals surface area contributed by atoms with Crippen LogP contribution in [0.3, 0.4) is 0 Å². The third-order valence-electron chi connectivity index (χ3n) is 4.26. The van der Waals surface area contributed by atoms with Gasteiger partial charge >= 0.3 is 0 Å². The van der Waals surface area contributed by atoms with E-state index in [9.17, 15) is 8.42 Å². The van der Waals surface area contributed by atoms with Crippen LogP contribution in [-0.4, -0.2) is 63.5 Å². The molecule has 1 aliphatic heterocycles. The molecule has 11 heteroatoms. The minimum Gasteiger partial charge on any atom is -0.370 e. The minimum atomic E-state index is -3.50. The average molecular weight is 429 g/mol. The van der Waals surface area contributed by atoms with E-state index in [2.05, 4.69) is 19.6 Å². The Balaban J connectivity index is 1.46. The number of hydrogen-bond donors (Lipinski definition) is 2. The van der Waals surface area contributed by atoms with Crippen LogP contribution in [-0.2, 0) is 10.0 Å². The van der Waals surface area contributed by atoms with E-state index in [-0.39, 0.29) is 6.54 Å². The van der Waals surface area contributed by atoms with Gasteiger partial charge in [0.15, 0.2) is 11.1 Å². The number of nitrogens with one attached hydrogen (secondary N) is 1. The summed E-state index contributed by atoms with van der Waals surface area (Å²) in [5, 5.41) is 3.00. The standard InChI is InChI=1S/C16H24N6O2S3/c1-12-11-14(13(2)26-12)27(23,24)20-4-3-18-15(17)21-6-8-22(9-7-21)16-19-5-10-25-16/h5,10-11,20H,3-4,6-9H2,1-2H3,(H2,17,18). The van der Waals surface area contributed by atoms with Crippen molar-refractivity contribution in [3.05, 3.63) is 27.4 Å². The zero-order chi connectivity index (χ0) is 19.4. The molecule has 3 heterocycles. The van der Waals surface area contributed by atoms with Gasteiger partial charge in [-0.15, -0.1) is 22.7 Å². The second kappa shape index (κ2) is 8.55. The molecule has 1 saturated heterocycles. The number of nitrogens with zero attached hydrogens (tertiary/aromatic N) is 4. The van der Waals surface area contributed by atoms with Crippen molar-refractivity contribution in [3.8, 4) is 0 Å². The van der Waals surface area contributed by atoms with E-state index in [4.69, 9.17) is 5.73 Å². The first-order valence-corrected chi connectivity index (χ1v) is 11.8. The normalized spacial score (nSPS) is 16.1. The van der Waals surface area contributed by atoms with E-state index in [0.29, 0.717) is 17.4 Å². The maximum atomic E-state index is 12.4. The van der Waals surface area contributed by atoms with Crippen LogP contribution in [0.2, 0.25) is 0 Å². The fourth-order valence-corrected chi connectivity index (χ4v) is 6.17. The Morgan fingerprint density at radius 1 is 1.33 bits per heavy atom. The van der Waals surface area contributed by atoms with Gasteiger partial charge < -0.3 is 15.5 Å². The largest absolute Gasteiger partial charge is 0.370 e. The highest BCUT2D eigenvalue weighted by molar-refractivity contribution is 7.89. The number of hydrogen-bond acceptors (Lipinski definition) is 7. The van der Waals surface area contributed by atoms with Crippen molar-refractivity contribution in [2.75, 3.05) is 44.2 Å². The monoisotopic (exact) mass is 428 g/mol. The first kappa shape index (κ1) is 20.1. The number of aromatic nitrogens is 1. The Morgan fingerprint density at radius 3 is 2.67 bits per heavy atom. The molecular weight excluding hydrogens is 404 g/mol. The lowest BCUT2D eigenvalue weighted by molar-refractivity contribution is 0.380. The number of guanidine groups is 1. The Labute approximate surface area is 167 Å². The molecule has 148 valence electrons. The predicted octanol–water partition coefficient (Wildman–Crippen LogP) is 1.24. The molecule has 0 amide bonds. The molecule has 27 heavy (non-hydrogen) atoms. The van der Waals surface area contributed by atoms with Gasteiger partial charge in [0.1, 0.15) is 0 Å². The lowest BCUT2D eigenvalue weighted by atomic mass is 10.3. The number of anilines is 1. The molecule has 3 rings (SSSR count). The van der Waals surface area contributed by atoms with Crippen molar-refractivity contribution in [1.82, 2.24) is 14.6 Å². The van der Waals surface area contributed by atoms with Crippen molar-refractivity contribution in [3.63, 3.8) is 0 Å². The zero-order valence-electron chi connectivity index (χ0n) is 15.4. The van der Waals surface area contributed by atoms with Gasteiger partial charge in [-0.25, -0.2) is 18.1 Å². The molecule has 0 aliphatic carbocycles. The summed E-state index contributed by atoms with van der Waals surface area (Å²) in [6.45, 7) is 7.46. The molecule has 0 unspecified atom stereocenters.